The molecule has 7 heteroatoms. The van der Waals surface area contributed by atoms with Crippen molar-refractivity contribution in [2.24, 2.45) is 11.8 Å². The molecule has 23 heavy (non-hydrogen) atoms. The summed E-state index contributed by atoms with van der Waals surface area (Å²) in [4.78, 5) is 14.0. The Hall–Kier alpha value is -1.56. The number of fused-ring (bicyclic) bond motifs is 1. The van der Waals surface area contributed by atoms with Gasteiger partial charge < -0.3 is 14.4 Å². The molecule has 0 radical (unpaired) electrons. The van der Waals surface area contributed by atoms with Crippen LogP contribution in [0.2, 0.25) is 5.15 Å². The summed E-state index contributed by atoms with van der Waals surface area (Å²) in [7, 11) is 0. The van der Waals surface area contributed by atoms with Crippen LogP contribution in [0.1, 0.15) is 33.6 Å². The van der Waals surface area contributed by atoms with Crippen molar-refractivity contribution in [3.05, 3.63) is 17.3 Å². The van der Waals surface area contributed by atoms with Gasteiger partial charge in [0.05, 0.1) is 0 Å². The van der Waals surface area contributed by atoms with Crippen molar-refractivity contribution in [1.29, 1.82) is 0 Å². The van der Waals surface area contributed by atoms with E-state index in [1.807, 2.05) is 25.7 Å². The predicted octanol–water partition coefficient (Wildman–Crippen LogP) is 3.15. The molecule has 1 aliphatic carbocycles. The van der Waals surface area contributed by atoms with Gasteiger partial charge in [0.15, 0.2) is 5.15 Å². The summed E-state index contributed by atoms with van der Waals surface area (Å²) in [6, 6.07) is 3.40. The Morgan fingerprint density at radius 1 is 1.22 bits per heavy atom. The van der Waals surface area contributed by atoms with E-state index < -0.39 is 5.60 Å². The summed E-state index contributed by atoms with van der Waals surface area (Å²) in [6.45, 7) is 7.15. The van der Waals surface area contributed by atoms with Crippen LogP contribution in [0.5, 0.6) is 5.88 Å². The smallest absolute Gasteiger partial charge is 0.410 e. The van der Waals surface area contributed by atoms with Crippen LogP contribution in [-0.4, -0.2) is 46.0 Å². The molecule has 0 unspecified atom stereocenters. The number of aromatic nitrogens is 2. The molecule has 0 bridgehead atoms. The molecule has 2 fully saturated rings. The van der Waals surface area contributed by atoms with Crippen LogP contribution in [0.25, 0.3) is 0 Å². The van der Waals surface area contributed by atoms with Gasteiger partial charge in [-0.3, -0.25) is 0 Å². The SMILES string of the molecule is CC(C)(C)OC(=O)N1C[C@H]2C[C@H](Oc3ccc(Cl)nn3)C[C@H]2C1. The number of hydrogen-bond donors (Lipinski definition) is 0. The Balaban J connectivity index is 1.51. The van der Waals surface area contributed by atoms with Gasteiger partial charge in [-0.05, 0) is 51.5 Å². The Morgan fingerprint density at radius 3 is 2.39 bits per heavy atom. The van der Waals surface area contributed by atoms with Crippen molar-refractivity contribution in [3.8, 4) is 5.88 Å². The lowest BCUT2D eigenvalue weighted by Gasteiger charge is -2.25. The third-order valence-electron chi connectivity index (χ3n) is 4.25. The first-order valence-corrected chi connectivity index (χ1v) is 8.32. The van der Waals surface area contributed by atoms with Gasteiger partial charge in [-0.2, -0.15) is 0 Å². The molecule has 126 valence electrons. The maximum atomic E-state index is 12.1. The van der Waals surface area contributed by atoms with E-state index in [2.05, 4.69) is 10.2 Å². The Bertz CT molecular complexity index is 559. The van der Waals surface area contributed by atoms with Gasteiger partial charge in [0.1, 0.15) is 11.7 Å². The molecular formula is C16H22ClN3O3. The molecule has 2 heterocycles. The Morgan fingerprint density at radius 2 is 1.87 bits per heavy atom. The fourth-order valence-electron chi connectivity index (χ4n) is 3.35. The number of halogens is 1. The lowest BCUT2D eigenvalue weighted by atomic mass is 10.0. The fraction of sp³-hybridized carbons (Fsp3) is 0.688. The van der Waals surface area contributed by atoms with E-state index in [0.717, 1.165) is 25.9 Å². The van der Waals surface area contributed by atoms with Crippen molar-refractivity contribution >= 4 is 17.7 Å². The van der Waals surface area contributed by atoms with E-state index in [-0.39, 0.29) is 12.2 Å². The standard InChI is InChI=1S/C16H22ClN3O3/c1-16(2,3)23-15(21)20-8-10-6-12(7-11(10)9-20)22-14-5-4-13(17)18-19-14/h4-5,10-12H,6-9H2,1-3H3/t10-,11+,12+. The quantitative estimate of drug-likeness (QED) is 0.828. The fourth-order valence-corrected chi connectivity index (χ4v) is 3.45. The van der Waals surface area contributed by atoms with Crippen LogP contribution >= 0.6 is 11.6 Å². The number of likely N-dealkylation sites (tertiary alicyclic amines) is 1. The molecule has 1 aromatic rings. The average Bonchev–Trinajstić information content (AvgIpc) is 2.97. The van der Waals surface area contributed by atoms with Gasteiger partial charge in [0.2, 0.25) is 5.88 Å². The summed E-state index contributed by atoms with van der Waals surface area (Å²) >= 11 is 5.72. The van der Waals surface area contributed by atoms with Gasteiger partial charge in [-0.1, -0.05) is 11.6 Å². The molecule has 1 saturated carbocycles. The number of nitrogens with zero attached hydrogens (tertiary/aromatic N) is 3. The van der Waals surface area contributed by atoms with Crippen LogP contribution in [0, 0.1) is 11.8 Å². The largest absolute Gasteiger partial charge is 0.473 e. The summed E-state index contributed by atoms with van der Waals surface area (Å²) in [5.41, 5.74) is -0.451. The van der Waals surface area contributed by atoms with Gasteiger partial charge >= 0.3 is 6.09 Å². The molecule has 1 aromatic heterocycles. The number of carbonyl (C=O) groups excluding carboxylic acids is 1. The van der Waals surface area contributed by atoms with Gasteiger partial charge in [-0.15, -0.1) is 10.2 Å². The number of ether oxygens (including phenoxy) is 2. The second kappa shape index (κ2) is 6.15. The monoisotopic (exact) mass is 339 g/mol. The highest BCUT2D eigenvalue weighted by Crippen LogP contribution is 2.39. The zero-order valence-corrected chi connectivity index (χ0v) is 14.4. The Labute approximate surface area is 141 Å². The van der Waals surface area contributed by atoms with E-state index in [9.17, 15) is 4.79 Å². The first-order valence-electron chi connectivity index (χ1n) is 7.94. The molecule has 0 spiro atoms. The topological polar surface area (TPSA) is 64.5 Å². The van der Waals surface area contributed by atoms with Crippen molar-refractivity contribution in [1.82, 2.24) is 15.1 Å². The van der Waals surface area contributed by atoms with Crippen LogP contribution < -0.4 is 4.74 Å². The van der Waals surface area contributed by atoms with Crippen LogP contribution in [-0.2, 0) is 4.74 Å². The zero-order valence-electron chi connectivity index (χ0n) is 13.7. The molecule has 1 aliphatic heterocycles. The van der Waals surface area contributed by atoms with Crippen LogP contribution in [0.15, 0.2) is 12.1 Å². The van der Waals surface area contributed by atoms with Crippen LogP contribution in [0.3, 0.4) is 0 Å². The molecule has 3 rings (SSSR count). The summed E-state index contributed by atoms with van der Waals surface area (Å²) in [5.74, 6) is 1.43. The maximum Gasteiger partial charge on any atom is 0.410 e. The minimum Gasteiger partial charge on any atom is -0.473 e. The lowest BCUT2D eigenvalue weighted by molar-refractivity contribution is 0.0271. The number of amides is 1. The Kier molecular flexibility index (Phi) is 4.36. The van der Waals surface area contributed by atoms with Crippen molar-refractivity contribution in [2.75, 3.05) is 13.1 Å². The molecule has 0 N–H and O–H groups in total. The van der Waals surface area contributed by atoms with E-state index in [0.29, 0.717) is 22.9 Å². The minimum absolute atomic E-state index is 0.126. The number of rotatable bonds is 2. The van der Waals surface area contributed by atoms with Gasteiger partial charge in [0, 0.05) is 19.2 Å². The third kappa shape index (κ3) is 4.05. The van der Waals surface area contributed by atoms with Crippen LogP contribution in [0.4, 0.5) is 4.79 Å². The molecule has 2 aliphatic rings. The summed E-state index contributed by atoms with van der Waals surface area (Å²) in [5, 5.41) is 8.07. The first-order chi connectivity index (χ1) is 10.8. The lowest BCUT2D eigenvalue weighted by Crippen LogP contribution is -2.36. The minimum atomic E-state index is -0.451. The molecule has 1 saturated heterocycles. The van der Waals surface area contributed by atoms with E-state index in [1.54, 1.807) is 12.1 Å². The van der Waals surface area contributed by atoms with Crippen molar-refractivity contribution in [3.63, 3.8) is 0 Å². The number of carbonyl (C=O) groups is 1. The molecule has 3 atom stereocenters. The maximum absolute atomic E-state index is 12.1. The van der Waals surface area contributed by atoms with Gasteiger partial charge in [-0.25, -0.2) is 4.79 Å². The van der Waals surface area contributed by atoms with E-state index in [4.69, 9.17) is 21.1 Å². The normalized spacial score (nSPS) is 27.0. The highest BCUT2D eigenvalue weighted by molar-refractivity contribution is 6.29. The van der Waals surface area contributed by atoms with Crippen molar-refractivity contribution in [2.45, 2.75) is 45.3 Å². The highest BCUT2D eigenvalue weighted by Gasteiger charge is 2.44. The average molecular weight is 340 g/mol. The second-order valence-corrected chi connectivity index (χ2v) is 7.70. The molecule has 0 aromatic carbocycles. The first kappa shape index (κ1) is 16.3. The molecular weight excluding hydrogens is 318 g/mol. The van der Waals surface area contributed by atoms with E-state index >= 15 is 0 Å². The van der Waals surface area contributed by atoms with E-state index in [1.165, 1.54) is 0 Å². The highest BCUT2D eigenvalue weighted by atomic mass is 35.5. The van der Waals surface area contributed by atoms with Crippen molar-refractivity contribution < 1.29 is 14.3 Å². The molecule has 6 nitrogen and oxygen atoms in total. The summed E-state index contributed by atoms with van der Waals surface area (Å²) < 4.78 is 11.3. The number of hydrogen-bond acceptors (Lipinski definition) is 5. The predicted molar refractivity (Wildman–Crippen MR) is 85.5 cm³/mol. The van der Waals surface area contributed by atoms with Gasteiger partial charge in [0.25, 0.3) is 0 Å². The molecule has 1 amide bonds. The summed E-state index contributed by atoms with van der Waals surface area (Å²) in [6.07, 6.45) is 1.76. The second-order valence-electron chi connectivity index (χ2n) is 7.31. The zero-order chi connectivity index (χ0) is 16.6. The third-order valence-corrected chi connectivity index (χ3v) is 4.46.